The summed E-state index contributed by atoms with van der Waals surface area (Å²) >= 11 is 0. The van der Waals surface area contributed by atoms with Crippen LogP contribution in [0.4, 0.5) is 10.1 Å². The molecule has 2 aromatic rings. The third kappa shape index (κ3) is 4.92. The SMILES string of the molecule is COc1ccc(/C=N\NC(=O)C(=O)Nc2ccc(F)cc2)cc1. The predicted octanol–water partition coefficient (Wildman–Crippen LogP) is 1.92. The zero-order chi connectivity index (χ0) is 16.7. The average molecular weight is 315 g/mol. The first kappa shape index (κ1) is 16.2. The minimum absolute atomic E-state index is 0.311. The van der Waals surface area contributed by atoms with E-state index >= 15 is 0 Å². The molecule has 118 valence electrons. The lowest BCUT2D eigenvalue weighted by atomic mass is 10.2. The summed E-state index contributed by atoms with van der Waals surface area (Å²) in [6, 6.07) is 12.0. The van der Waals surface area contributed by atoms with E-state index in [1.807, 2.05) is 0 Å². The Morgan fingerprint density at radius 1 is 1.04 bits per heavy atom. The van der Waals surface area contributed by atoms with Gasteiger partial charge in [-0.3, -0.25) is 9.59 Å². The van der Waals surface area contributed by atoms with E-state index in [-0.39, 0.29) is 0 Å². The third-order valence-electron chi connectivity index (χ3n) is 2.80. The molecule has 0 fully saturated rings. The highest BCUT2D eigenvalue weighted by Crippen LogP contribution is 2.10. The monoisotopic (exact) mass is 315 g/mol. The second-order valence-electron chi connectivity index (χ2n) is 4.43. The first-order chi connectivity index (χ1) is 11.1. The molecule has 0 heterocycles. The number of anilines is 1. The molecule has 0 saturated heterocycles. The first-order valence-electron chi connectivity index (χ1n) is 6.62. The number of nitrogens with one attached hydrogen (secondary N) is 2. The molecule has 0 atom stereocenters. The van der Waals surface area contributed by atoms with Gasteiger partial charge in [0.25, 0.3) is 0 Å². The molecule has 2 aromatic carbocycles. The maximum atomic E-state index is 12.7. The van der Waals surface area contributed by atoms with Crippen LogP contribution in [0.15, 0.2) is 53.6 Å². The molecule has 2 rings (SSSR count). The molecule has 0 aliphatic rings. The number of nitrogens with zero attached hydrogens (tertiary/aromatic N) is 1. The molecule has 0 radical (unpaired) electrons. The van der Waals surface area contributed by atoms with Crippen LogP contribution in [0.2, 0.25) is 0 Å². The van der Waals surface area contributed by atoms with Gasteiger partial charge < -0.3 is 10.1 Å². The summed E-state index contributed by atoms with van der Waals surface area (Å²) in [4.78, 5) is 23.2. The molecule has 0 spiro atoms. The topological polar surface area (TPSA) is 79.8 Å². The largest absolute Gasteiger partial charge is 0.497 e. The highest BCUT2D eigenvalue weighted by molar-refractivity contribution is 6.39. The second kappa shape index (κ2) is 7.69. The van der Waals surface area contributed by atoms with Crippen LogP contribution in [0.1, 0.15) is 5.56 Å². The molecule has 0 bridgehead atoms. The van der Waals surface area contributed by atoms with Crippen LogP contribution in [0.25, 0.3) is 0 Å². The van der Waals surface area contributed by atoms with Crippen LogP contribution in [0.3, 0.4) is 0 Å². The number of hydrogen-bond acceptors (Lipinski definition) is 4. The quantitative estimate of drug-likeness (QED) is 0.514. The number of carbonyl (C=O) groups is 2. The summed E-state index contributed by atoms with van der Waals surface area (Å²) in [6.07, 6.45) is 1.39. The van der Waals surface area contributed by atoms with E-state index in [2.05, 4.69) is 15.8 Å². The zero-order valence-corrected chi connectivity index (χ0v) is 12.2. The molecule has 0 saturated carbocycles. The fraction of sp³-hybridized carbons (Fsp3) is 0.0625. The molecule has 6 nitrogen and oxygen atoms in total. The van der Waals surface area contributed by atoms with E-state index in [1.54, 1.807) is 31.4 Å². The smallest absolute Gasteiger partial charge is 0.329 e. The van der Waals surface area contributed by atoms with E-state index in [9.17, 15) is 14.0 Å². The molecule has 0 aromatic heterocycles. The summed E-state index contributed by atoms with van der Waals surface area (Å²) in [6.45, 7) is 0. The first-order valence-corrected chi connectivity index (χ1v) is 6.62. The van der Waals surface area contributed by atoms with Gasteiger partial charge in [0, 0.05) is 5.69 Å². The van der Waals surface area contributed by atoms with Gasteiger partial charge in [-0.2, -0.15) is 5.10 Å². The van der Waals surface area contributed by atoms with Crippen LogP contribution < -0.4 is 15.5 Å². The minimum atomic E-state index is -0.931. The molecule has 0 aliphatic carbocycles. The van der Waals surface area contributed by atoms with Crippen molar-refractivity contribution in [3.05, 3.63) is 59.9 Å². The number of methoxy groups -OCH3 is 1. The van der Waals surface area contributed by atoms with Crippen molar-refractivity contribution >= 4 is 23.7 Å². The number of benzene rings is 2. The number of amides is 2. The predicted molar refractivity (Wildman–Crippen MR) is 83.8 cm³/mol. The van der Waals surface area contributed by atoms with E-state index in [4.69, 9.17) is 4.74 Å². The normalized spacial score (nSPS) is 10.3. The summed E-state index contributed by atoms with van der Waals surface area (Å²) < 4.78 is 17.8. The van der Waals surface area contributed by atoms with Crippen molar-refractivity contribution in [3.63, 3.8) is 0 Å². The van der Waals surface area contributed by atoms with Crippen molar-refractivity contribution in [1.82, 2.24) is 5.43 Å². The summed E-state index contributed by atoms with van der Waals surface area (Å²) in [7, 11) is 1.56. The zero-order valence-electron chi connectivity index (χ0n) is 12.2. The third-order valence-corrected chi connectivity index (χ3v) is 2.80. The number of hydrogen-bond donors (Lipinski definition) is 2. The van der Waals surface area contributed by atoms with Gasteiger partial charge in [-0.15, -0.1) is 0 Å². The maximum Gasteiger partial charge on any atom is 0.329 e. The van der Waals surface area contributed by atoms with Gasteiger partial charge in [0.1, 0.15) is 11.6 Å². The van der Waals surface area contributed by atoms with Crippen LogP contribution >= 0.6 is 0 Å². The van der Waals surface area contributed by atoms with Crippen molar-refractivity contribution in [2.75, 3.05) is 12.4 Å². The Bertz CT molecular complexity index is 712. The number of ether oxygens (including phenoxy) is 1. The standard InChI is InChI=1S/C16H14FN3O3/c1-23-14-8-2-11(3-9-14)10-18-20-16(22)15(21)19-13-6-4-12(17)5-7-13/h2-10H,1H3,(H,19,21)(H,20,22)/b18-10-. The lowest BCUT2D eigenvalue weighted by Gasteiger charge is -2.03. The Morgan fingerprint density at radius 2 is 1.70 bits per heavy atom. The van der Waals surface area contributed by atoms with Gasteiger partial charge >= 0.3 is 11.8 Å². The van der Waals surface area contributed by atoms with Crippen LogP contribution in [0, 0.1) is 5.82 Å². The van der Waals surface area contributed by atoms with Gasteiger partial charge in [0.15, 0.2) is 0 Å². The Balaban J connectivity index is 1.86. The van der Waals surface area contributed by atoms with E-state index in [1.165, 1.54) is 30.5 Å². The van der Waals surface area contributed by atoms with Crippen molar-refractivity contribution in [3.8, 4) is 5.75 Å². The summed E-state index contributed by atoms with van der Waals surface area (Å²) in [5, 5.41) is 6.01. The second-order valence-corrected chi connectivity index (χ2v) is 4.43. The minimum Gasteiger partial charge on any atom is -0.497 e. The van der Waals surface area contributed by atoms with Crippen molar-refractivity contribution in [2.24, 2.45) is 5.10 Å². The molecule has 2 amide bonds. The van der Waals surface area contributed by atoms with E-state index < -0.39 is 17.6 Å². The lowest BCUT2D eigenvalue weighted by molar-refractivity contribution is -0.136. The Kier molecular flexibility index (Phi) is 5.40. The summed E-state index contributed by atoms with van der Waals surface area (Å²) in [5.41, 5.74) is 3.14. The van der Waals surface area contributed by atoms with Gasteiger partial charge in [0.05, 0.1) is 13.3 Å². The van der Waals surface area contributed by atoms with Crippen LogP contribution in [0.5, 0.6) is 5.75 Å². The molecular weight excluding hydrogens is 301 g/mol. The lowest BCUT2D eigenvalue weighted by Crippen LogP contribution is -2.32. The number of carbonyl (C=O) groups excluding carboxylic acids is 2. The van der Waals surface area contributed by atoms with Crippen molar-refractivity contribution in [1.29, 1.82) is 0 Å². The van der Waals surface area contributed by atoms with Crippen molar-refractivity contribution < 1.29 is 18.7 Å². The molecule has 7 heteroatoms. The Labute approximate surface area is 132 Å². The van der Waals surface area contributed by atoms with E-state index in [0.29, 0.717) is 11.4 Å². The molecule has 2 N–H and O–H groups in total. The van der Waals surface area contributed by atoms with Crippen molar-refractivity contribution in [2.45, 2.75) is 0 Å². The molecule has 0 aliphatic heterocycles. The highest BCUT2D eigenvalue weighted by atomic mass is 19.1. The maximum absolute atomic E-state index is 12.7. The highest BCUT2D eigenvalue weighted by Gasteiger charge is 2.12. The average Bonchev–Trinajstić information content (AvgIpc) is 2.57. The number of hydrazone groups is 1. The van der Waals surface area contributed by atoms with Gasteiger partial charge in [0.2, 0.25) is 0 Å². The fourth-order valence-corrected chi connectivity index (χ4v) is 1.63. The molecule has 23 heavy (non-hydrogen) atoms. The van der Waals surface area contributed by atoms with Gasteiger partial charge in [-0.05, 0) is 54.1 Å². The van der Waals surface area contributed by atoms with Crippen LogP contribution in [-0.2, 0) is 9.59 Å². The number of halogens is 1. The van der Waals surface area contributed by atoms with Gasteiger partial charge in [-0.25, -0.2) is 9.82 Å². The number of rotatable bonds is 4. The molecule has 0 unspecified atom stereocenters. The Morgan fingerprint density at radius 3 is 2.30 bits per heavy atom. The van der Waals surface area contributed by atoms with E-state index in [0.717, 1.165) is 5.56 Å². The van der Waals surface area contributed by atoms with Gasteiger partial charge in [-0.1, -0.05) is 0 Å². The van der Waals surface area contributed by atoms with Crippen LogP contribution in [-0.4, -0.2) is 25.1 Å². The fourth-order valence-electron chi connectivity index (χ4n) is 1.63. The summed E-state index contributed by atoms with van der Waals surface area (Å²) in [5.74, 6) is -1.57. The molecular formula is C16H14FN3O3. The Hall–Kier alpha value is -3.22.